The summed E-state index contributed by atoms with van der Waals surface area (Å²) in [6.07, 6.45) is 3.29. The fourth-order valence-electron chi connectivity index (χ4n) is 4.26. The van der Waals surface area contributed by atoms with E-state index in [1.54, 1.807) is 38.5 Å². The van der Waals surface area contributed by atoms with Crippen LogP contribution < -0.4 is 4.74 Å². The van der Waals surface area contributed by atoms with Crippen LogP contribution in [0, 0.1) is 13.8 Å². The molecule has 176 valence electrons. The fraction of sp³-hybridized carbons (Fsp3) is 0.231. The van der Waals surface area contributed by atoms with Gasteiger partial charge in [0.15, 0.2) is 0 Å². The van der Waals surface area contributed by atoms with E-state index in [9.17, 15) is 9.59 Å². The van der Waals surface area contributed by atoms with Gasteiger partial charge in [0, 0.05) is 22.8 Å². The molecule has 0 N–H and O–H groups in total. The lowest BCUT2D eigenvalue weighted by atomic mass is 10.0. The number of allylic oxidation sites excluding steroid dienone is 1. The summed E-state index contributed by atoms with van der Waals surface area (Å²) in [5.74, 6) is 0.362. The van der Waals surface area contributed by atoms with E-state index < -0.39 is 5.97 Å². The number of nitrogens with zero attached hydrogens (tertiary/aromatic N) is 2. The lowest BCUT2D eigenvalue weighted by molar-refractivity contribution is -0.136. The smallest absolute Gasteiger partial charge is 0.340 e. The Labute approximate surface area is 202 Å². The summed E-state index contributed by atoms with van der Waals surface area (Å²) in [7, 11) is 2.87. The first kappa shape index (κ1) is 23.4. The fourth-order valence-corrected chi connectivity index (χ4v) is 4.51. The molecule has 34 heavy (non-hydrogen) atoms. The lowest BCUT2D eigenvalue weighted by Crippen LogP contribution is -2.24. The maximum Gasteiger partial charge on any atom is 0.340 e. The van der Waals surface area contributed by atoms with Gasteiger partial charge in [-0.05, 0) is 68.8 Å². The Morgan fingerprint density at radius 1 is 1.15 bits per heavy atom. The largest absolute Gasteiger partial charge is 0.495 e. The molecular formula is C26H25ClN2O5. The van der Waals surface area contributed by atoms with Gasteiger partial charge in [-0.25, -0.2) is 4.79 Å². The van der Waals surface area contributed by atoms with Crippen LogP contribution in [-0.2, 0) is 20.9 Å². The number of carbonyl (C=O) groups is 2. The number of rotatable bonds is 6. The molecule has 1 aliphatic rings. The summed E-state index contributed by atoms with van der Waals surface area (Å²) >= 11 is 6.34. The summed E-state index contributed by atoms with van der Waals surface area (Å²) in [6, 6.07) is 11.1. The van der Waals surface area contributed by atoms with Crippen LogP contribution in [0.1, 0.15) is 29.6 Å². The van der Waals surface area contributed by atoms with Crippen molar-refractivity contribution in [1.82, 2.24) is 9.47 Å². The van der Waals surface area contributed by atoms with Gasteiger partial charge in [0.1, 0.15) is 11.5 Å². The second-order valence-corrected chi connectivity index (χ2v) is 8.37. The number of carbonyl (C=O) groups excluding carboxylic acids is 2. The zero-order chi connectivity index (χ0) is 24.6. The number of halogens is 1. The third-order valence-corrected chi connectivity index (χ3v) is 6.25. The number of hydrogen-bond donors (Lipinski definition) is 0. The number of furan rings is 1. The van der Waals surface area contributed by atoms with E-state index in [2.05, 4.69) is 0 Å². The van der Waals surface area contributed by atoms with Crippen molar-refractivity contribution in [3.63, 3.8) is 0 Å². The summed E-state index contributed by atoms with van der Waals surface area (Å²) in [4.78, 5) is 27.6. The topological polar surface area (TPSA) is 73.9 Å². The van der Waals surface area contributed by atoms with E-state index in [1.807, 2.05) is 42.7 Å². The maximum absolute atomic E-state index is 13.4. The number of esters is 1. The van der Waals surface area contributed by atoms with Gasteiger partial charge >= 0.3 is 5.97 Å². The van der Waals surface area contributed by atoms with E-state index in [-0.39, 0.29) is 23.6 Å². The van der Waals surface area contributed by atoms with Gasteiger partial charge < -0.3 is 23.4 Å². The number of benzene rings is 1. The van der Waals surface area contributed by atoms with Crippen molar-refractivity contribution in [3.05, 3.63) is 87.2 Å². The monoisotopic (exact) mass is 480 g/mol. The molecule has 2 aromatic heterocycles. The molecule has 0 radical (unpaired) electrons. The zero-order valence-corrected chi connectivity index (χ0v) is 20.4. The van der Waals surface area contributed by atoms with Crippen molar-refractivity contribution in [2.24, 2.45) is 0 Å². The van der Waals surface area contributed by atoms with Crippen LogP contribution in [0.3, 0.4) is 0 Å². The third-order valence-electron chi connectivity index (χ3n) is 5.96. The van der Waals surface area contributed by atoms with Crippen molar-refractivity contribution in [3.8, 4) is 11.4 Å². The average Bonchev–Trinajstić information content (AvgIpc) is 3.48. The molecule has 0 saturated heterocycles. The van der Waals surface area contributed by atoms with Crippen LogP contribution in [0.25, 0.3) is 11.8 Å². The minimum atomic E-state index is -0.560. The van der Waals surface area contributed by atoms with Crippen LogP contribution >= 0.6 is 11.6 Å². The molecule has 4 rings (SSSR count). The Bertz CT molecular complexity index is 1330. The van der Waals surface area contributed by atoms with Crippen LogP contribution in [-0.4, -0.2) is 35.6 Å². The molecule has 7 nitrogen and oxygen atoms in total. The standard InChI is InChI=1S/C26H25ClN2O5/c1-15-11-18(16(2)29(15)19-8-9-23(32-4)22(27)13-19)12-21-24(26(31)33-5)17(3)28(25(21)30)14-20-7-6-10-34-20/h6-13H,14H2,1-5H3. The highest BCUT2D eigenvalue weighted by Gasteiger charge is 2.37. The average molecular weight is 481 g/mol. The Kier molecular flexibility index (Phi) is 6.39. The molecule has 3 aromatic rings. The van der Waals surface area contributed by atoms with Crippen molar-refractivity contribution in [1.29, 1.82) is 0 Å². The van der Waals surface area contributed by atoms with E-state index in [0.29, 0.717) is 22.2 Å². The predicted octanol–water partition coefficient (Wildman–Crippen LogP) is 5.22. The first-order chi connectivity index (χ1) is 16.3. The molecule has 1 aliphatic heterocycles. The molecule has 0 unspecified atom stereocenters. The van der Waals surface area contributed by atoms with Crippen molar-refractivity contribution in [2.45, 2.75) is 27.3 Å². The van der Waals surface area contributed by atoms with Gasteiger partial charge in [-0.2, -0.15) is 0 Å². The first-order valence-corrected chi connectivity index (χ1v) is 11.0. The number of methoxy groups -OCH3 is 2. The van der Waals surface area contributed by atoms with Gasteiger partial charge in [0.2, 0.25) is 0 Å². The van der Waals surface area contributed by atoms with E-state index in [0.717, 1.165) is 22.6 Å². The molecule has 1 amide bonds. The highest BCUT2D eigenvalue weighted by Crippen LogP contribution is 2.35. The minimum absolute atomic E-state index is 0.221. The van der Waals surface area contributed by atoms with E-state index >= 15 is 0 Å². The molecule has 0 saturated carbocycles. The van der Waals surface area contributed by atoms with Crippen LogP contribution in [0.2, 0.25) is 5.02 Å². The number of hydrogen-bond acceptors (Lipinski definition) is 5. The van der Waals surface area contributed by atoms with Crippen LogP contribution in [0.5, 0.6) is 5.75 Å². The molecule has 0 atom stereocenters. The van der Waals surface area contributed by atoms with Gasteiger partial charge in [0.25, 0.3) is 5.91 Å². The number of ether oxygens (including phenoxy) is 2. The normalized spacial score (nSPS) is 14.9. The molecule has 0 bridgehead atoms. The van der Waals surface area contributed by atoms with E-state index in [4.69, 9.17) is 25.5 Å². The maximum atomic E-state index is 13.4. The number of aryl methyl sites for hydroxylation is 1. The van der Waals surface area contributed by atoms with Crippen LogP contribution in [0.15, 0.2) is 63.9 Å². The zero-order valence-electron chi connectivity index (χ0n) is 19.6. The molecule has 0 fully saturated rings. The Morgan fingerprint density at radius 3 is 2.53 bits per heavy atom. The van der Waals surface area contributed by atoms with Crippen molar-refractivity contribution < 1.29 is 23.5 Å². The van der Waals surface area contributed by atoms with Crippen molar-refractivity contribution in [2.75, 3.05) is 14.2 Å². The molecule has 3 heterocycles. The molecular weight excluding hydrogens is 456 g/mol. The van der Waals surface area contributed by atoms with Gasteiger partial charge in [-0.15, -0.1) is 0 Å². The Hall–Kier alpha value is -3.71. The quantitative estimate of drug-likeness (QED) is 0.357. The molecule has 8 heteroatoms. The Morgan fingerprint density at radius 2 is 1.91 bits per heavy atom. The van der Waals surface area contributed by atoms with Crippen molar-refractivity contribution >= 4 is 29.6 Å². The van der Waals surface area contributed by atoms with Gasteiger partial charge in [-0.1, -0.05) is 11.6 Å². The summed E-state index contributed by atoms with van der Waals surface area (Å²) < 4.78 is 17.7. The molecule has 0 aliphatic carbocycles. The second-order valence-electron chi connectivity index (χ2n) is 7.96. The SMILES string of the molecule is COC(=O)C1=C(C)N(Cc2ccco2)C(=O)C1=Cc1cc(C)n(-c2ccc(OC)c(Cl)c2)c1C. The summed E-state index contributed by atoms with van der Waals surface area (Å²) in [5.41, 5.74) is 4.56. The van der Waals surface area contributed by atoms with Gasteiger partial charge in [0.05, 0.1) is 43.2 Å². The van der Waals surface area contributed by atoms with Crippen LogP contribution in [0.4, 0.5) is 0 Å². The first-order valence-electron chi connectivity index (χ1n) is 10.6. The lowest BCUT2D eigenvalue weighted by Gasteiger charge is -2.16. The minimum Gasteiger partial charge on any atom is -0.495 e. The summed E-state index contributed by atoms with van der Waals surface area (Å²) in [6.45, 7) is 5.87. The van der Waals surface area contributed by atoms with E-state index in [1.165, 1.54) is 12.0 Å². The van der Waals surface area contributed by atoms with Gasteiger partial charge in [-0.3, -0.25) is 4.79 Å². The highest BCUT2D eigenvalue weighted by atomic mass is 35.5. The summed E-state index contributed by atoms with van der Waals surface area (Å²) in [5, 5.41) is 0.499. The second kappa shape index (κ2) is 9.27. The number of amides is 1. The molecule has 1 aromatic carbocycles. The number of aromatic nitrogens is 1. The Balaban J connectivity index is 1.78. The predicted molar refractivity (Wildman–Crippen MR) is 129 cm³/mol. The highest BCUT2D eigenvalue weighted by molar-refractivity contribution is 6.32. The third kappa shape index (κ3) is 4.03. The molecule has 0 spiro atoms.